The average molecular weight is 781 g/mol. The Kier molecular flexibility index (Phi) is 14.3. The van der Waals surface area contributed by atoms with Crippen molar-refractivity contribution < 1.29 is 23.9 Å². The number of carbonyl (C=O) groups excluding carboxylic acids is 3. The smallest absolute Gasteiger partial charge is 0.664 e. The Bertz CT molecular complexity index is 2280. The van der Waals surface area contributed by atoms with Gasteiger partial charge in [-0.25, -0.2) is 0 Å². The summed E-state index contributed by atoms with van der Waals surface area (Å²) in [5.41, 5.74) is 10.7. The number of methoxy groups -OCH3 is 1. The number of fused-ring (bicyclic) bond motifs is 7. The third-order valence-corrected chi connectivity index (χ3v) is 12.1. The van der Waals surface area contributed by atoms with Crippen molar-refractivity contribution in [2.24, 2.45) is 23.7 Å². The molecule has 2 aliphatic heterocycles. The SMILES string of the molecule is C=Cc1c2[n-]c(c1C)/C=C1\[N-]/C(=C3\c4[n-]c(c(C)c4C(=O)[C@@H]3C(=O)OC)/C=c3\[n-]/c(c(C)c3CC)=C\2)[C@@H](CCC(=O)OC/C=C(\C)CCC[C@H](C)CCC)[C@@H]1C.[Mg+2]. The number of hydrogen-bond acceptors (Lipinski definition) is 5. The molecule has 3 aromatic rings. The molecule has 0 aromatic carbocycles. The first-order valence-electron chi connectivity index (χ1n) is 20.3. The predicted molar refractivity (Wildman–Crippen MR) is 228 cm³/mol. The van der Waals surface area contributed by atoms with Crippen LogP contribution in [-0.2, 0) is 25.5 Å². The zero-order chi connectivity index (χ0) is 40.4. The van der Waals surface area contributed by atoms with Crippen molar-refractivity contribution in [1.82, 2.24) is 15.0 Å². The van der Waals surface area contributed by atoms with Crippen molar-refractivity contribution in [3.63, 3.8) is 0 Å². The van der Waals surface area contributed by atoms with E-state index < -0.39 is 11.9 Å². The van der Waals surface area contributed by atoms with Crippen molar-refractivity contribution >= 4 is 70.7 Å². The van der Waals surface area contributed by atoms with Gasteiger partial charge in [-0.2, -0.15) is 11.4 Å². The second-order valence-corrected chi connectivity index (χ2v) is 15.9. The van der Waals surface area contributed by atoms with Crippen LogP contribution in [0.2, 0.25) is 0 Å². The minimum absolute atomic E-state index is 0. The molecule has 0 amide bonds. The van der Waals surface area contributed by atoms with E-state index >= 15 is 0 Å². The summed E-state index contributed by atoms with van der Waals surface area (Å²) in [6.45, 7) is 21.1. The number of Topliss-reactive ketones (excluding diaryl/α,β-unsaturated/α-hetero) is 1. The predicted octanol–water partition coefficient (Wildman–Crippen LogP) is 7.53. The van der Waals surface area contributed by atoms with Crippen molar-refractivity contribution in [2.75, 3.05) is 13.7 Å². The van der Waals surface area contributed by atoms with Crippen LogP contribution in [-0.4, -0.2) is 54.5 Å². The fourth-order valence-corrected chi connectivity index (χ4v) is 8.74. The van der Waals surface area contributed by atoms with Crippen LogP contribution in [0.3, 0.4) is 0 Å². The van der Waals surface area contributed by atoms with Gasteiger partial charge in [0.15, 0.2) is 5.78 Å². The number of ketones is 1. The van der Waals surface area contributed by atoms with Gasteiger partial charge in [-0.1, -0.05) is 111 Å². The number of ether oxygens (including phenoxy) is 2. The molecule has 0 spiro atoms. The van der Waals surface area contributed by atoms with Crippen LogP contribution in [0.5, 0.6) is 0 Å². The van der Waals surface area contributed by atoms with Crippen molar-refractivity contribution in [3.05, 3.63) is 102 Å². The number of hydrogen-bond donors (Lipinski definition) is 0. The van der Waals surface area contributed by atoms with Crippen LogP contribution in [0.25, 0.3) is 35.2 Å². The third-order valence-electron chi connectivity index (χ3n) is 12.1. The first-order valence-corrected chi connectivity index (χ1v) is 20.3. The van der Waals surface area contributed by atoms with Crippen molar-refractivity contribution in [2.45, 2.75) is 107 Å². The summed E-state index contributed by atoms with van der Waals surface area (Å²) in [5, 5.41) is 6.80. The Morgan fingerprint density at radius 1 is 0.947 bits per heavy atom. The Labute approximate surface area is 353 Å². The summed E-state index contributed by atoms with van der Waals surface area (Å²) in [6, 6.07) is 0. The monoisotopic (exact) mass is 780 g/mol. The second-order valence-electron chi connectivity index (χ2n) is 15.9. The molecule has 57 heavy (non-hydrogen) atoms. The molecule has 1 fully saturated rings. The van der Waals surface area contributed by atoms with Crippen LogP contribution in [0.15, 0.2) is 29.6 Å². The molecule has 9 nitrogen and oxygen atoms in total. The quantitative estimate of drug-likeness (QED) is 0.0712. The van der Waals surface area contributed by atoms with E-state index in [1.165, 1.54) is 31.9 Å². The van der Waals surface area contributed by atoms with Crippen molar-refractivity contribution in [1.29, 1.82) is 0 Å². The molecule has 8 bridgehead atoms. The maximum atomic E-state index is 14.3. The fourth-order valence-electron chi connectivity index (χ4n) is 8.74. The molecule has 5 heterocycles. The minimum Gasteiger partial charge on any atom is -0.664 e. The number of allylic oxidation sites excluding steroid dienone is 3. The molecular formula is C47H56MgN4O5-2. The fraction of sp³-hybridized carbons (Fsp3) is 0.468. The van der Waals surface area contributed by atoms with Gasteiger partial charge in [-0.3, -0.25) is 14.4 Å². The van der Waals surface area contributed by atoms with Gasteiger partial charge in [0.05, 0.1) is 7.11 Å². The Balaban J connectivity index is 0.00000620. The summed E-state index contributed by atoms with van der Waals surface area (Å²) in [6.07, 6.45) is 16.8. The van der Waals surface area contributed by atoms with Crippen LogP contribution in [0, 0.1) is 44.4 Å². The van der Waals surface area contributed by atoms with Crippen molar-refractivity contribution in [3.8, 4) is 0 Å². The standard InChI is InChI=1S/C47H57N4O5.Mg/c1-11-15-25(4)16-14-17-26(5)20-21-56-40(52)19-18-33-29(8)36-22-34-27(6)31(12-2)38(48-34)23-35-28(7)32(13-3)39(49-35)24-37-30(9)41-45(51-37)42(44(33)50-36)43(46(41)53)47(54)55-10;/h12,20,22-25,29,33,43H,2,11,13-19,21H2,1,3-10H3,(H-,50,51,53);/q-3;+2/p-1/b26-20+,35-23-,36-22-,39-24-;/t25-,29+,33+,43-;/m1./s1. The molecule has 4 atom stereocenters. The zero-order valence-electron chi connectivity index (χ0n) is 35.3. The third kappa shape index (κ3) is 8.63. The molecular weight excluding hydrogens is 725 g/mol. The largest absolute Gasteiger partial charge is 2.00 e. The van der Waals surface area contributed by atoms with Gasteiger partial charge in [-0.15, -0.1) is 33.5 Å². The number of rotatable bonds is 14. The van der Waals surface area contributed by atoms with E-state index in [0.29, 0.717) is 40.2 Å². The normalized spacial score (nSPS) is 22.3. The molecule has 0 radical (unpaired) electrons. The average Bonchev–Trinajstić information content (AvgIpc) is 3.91. The molecule has 1 aliphatic carbocycles. The molecule has 0 unspecified atom stereocenters. The van der Waals surface area contributed by atoms with Crippen LogP contribution >= 0.6 is 0 Å². The molecule has 0 N–H and O–H groups in total. The van der Waals surface area contributed by atoms with E-state index in [4.69, 9.17) is 29.7 Å². The summed E-state index contributed by atoms with van der Waals surface area (Å²) in [7, 11) is 1.29. The van der Waals surface area contributed by atoms with E-state index in [0.717, 1.165) is 75.2 Å². The van der Waals surface area contributed by atoms with Gasteiger partial charge < -0.3 is 29.7 Å². The molecule has 3 aromatic heterocycles. The Morgan fingerprint density at radius 2 is 1.67 bits per heavy atom. The van der Waals surface area contributed by atoms with E-state index in [9.17, 15) is 14.4 Å². The van der Waals surface area contributed by atoms with Gasteiger partial charge >= 0.3 is 35.0 Å². The van der Waals surface area contributed by atoms with Crippen LogP contribution < -0.4 is 25.7 Å². The summed E-state index contributed by atoms with van der Waals surface area (Å²) >= 11 is 0. The number of nitrogens with zero attached hydrogens (tertiary/aromatic N) is 4. The van der Waals surface area contributed by atoms with E-state index in [1.54, 1.807) is 0 Å². The number of carbonyl (C=O) groups is 3. The Hall–Kier alpha value is -4.28. The van der Waals surface area contributed by atoms with Gasteiger partial charge in [-0.05, 0) is 82.8 Å². The first-order chi connectivity index (χ1) is 26.8. The van der Waals surface area contributed by atoms with Gasteiger partial charge in [0, 0.05) is 12.0 Å². The summed E-state index contributed by atoms with van der Waals surface area (Å²) in [4.78, 5) is 56.2. The maximum absolute atomic E-state index is 14.3. The zero-order valence-corrected chi connectivity index (χ0v) is 36.7. The molecule has 0 saturated carbocycles. The van der Waals surface area contributed by atoms with Gasteiger partial charge in [0.2, 0.25) is 0 Å². The second kappa shape index (κ2) is 18.5. The molecule has 1 saturated heterocycles. The van der Waals surface area contributed by atoms with Crippen LogP contribution in [0.1, 0.15) is 141 Å². The van der Waals surface area contributed by atoms with E-state index in [2.05, 4.69) is 48.1 Å². The Morgan fingerprint density at radius 3 is 2.35 bits per heavy atom. The first kappa shape index (κ1) is 43.8. The topological polar surface area (TPSA) is 126 Å². The summed E-state index contributed by atoms with van der Waals surface area (Å²) < 4.78 is 10.9. The van der Waals surface area contributed by atoms with E-state index in [-0.39, 0.29) is 59.7 Å². The molecule has 10 heteroatoms. The maximum Gasteiger partial charge on any atom is 2.00 e. The number of aromatic nitrogens is 3. The van der Waals surface area contributed by atoms with Gasteiger partial charge in [0.1, 0.15) is 12.5 Å². The summed E-state index contributed by atoms with van der Waals surface area (Å²) in [5.74, 6) is -2.31. The molecule has 6 rings (SSSR count). The number of esters is 2. The molecule has 3 aliphatic rings. The molecule has 298 valence electrons. The minimum atomic E-state index is -1.22. The van der Waals surface area contributed by atoms with E-state index in [1.807, 2.05) is 44.2 Å². The van der Waals surface area contributed by atoms with Crippen LogP contribution in [0.4, 0.5) is 0 Å². The van der Waals surface area contributed by atoms with Gasteiger partial charge in [0.25, 0.3) is 0 Å².